The molecule has 1 aromatic rings. The molecular weight excluding hydrogens is 380 g/mol. The first kappa shape index (κ1) is 19.8. The number of hydrogen-bond donors (Lipinski definition) is 1. The molecule has 6 rings (SSSR count). The molecule has 0 spiro atoms. The number of hydrogen-bond acceptors (Lipinski definition) is 2. The summed E-state index contributed by atoms with van der Waals surface area (Å²) in [5, 5.41) is 3.38. The molecule has 0 radical (unpaired) electrons. The maximum atomic E-state index is 12.3. The Bertz CT molecular complexity index is 945. The van der Waals surface area contributed by atoms with E-state index >= 15 is 0 Å². The Kier molecular flexibility index (Phi) is 4.49. The molecule has 5 aliphatic rings. The molecule has 5 aliphatic carbocycles. The van der Waals surface area contributed by atoms with Gasteiger partial charge in [0.2, 0.25) is 5.91 Å². The van der Waals surface area contributed by atoms with Gasteiger partial charge in [0.25, 0.3) is 0 Å². The summed E-state index contributed by atoms with van der Waals surface area (Å²) in [5.74, 6) is 2.97. The van der Waals surface area contributed by atoms with Crippen LogP contribution in [0.3, 0.4) is 0 Å². The summed E-state index contributed by atoms with van der Waals surface area (Å²) in [4.78, 5) is 16.7. The van der Waals surface area contributed by atoms with Gasteiger partial charge < -0.3 is 5.32 Å². The van der Waals surface area contributed by atoms with E-state index in [9.17, 15) is 4.79 Å². The molecule has 0 saturated heterocycles. The summed E-state index contributed by atoms with van der Waals surface area (Å²) in [6.07, 6.45) is 19.8. The van der Waals surface area contributed by atoms with Gasteiger partial charge >= 0.3 is 0 Å². The minimum Gasteiger partial charge on any atom is -0.353 e. The molecule has 6 atom stereocenters. The number of nitrogens with zero attached hydrogens (tertiary/aromatic N) is 1. The summed E-state index contributed by atoms with van der Waals surface area (Å²) in [6.45, 7) is 5.09. The minimum atomic E-state index is 0.293. The van der Waals surface area contributed by atoms with Crippen LogP contribution in [0.25, 0.3) is 5.57 Å². The topological polar surface area (TPSA) is 42.0 Å². The number of allylic oxidation sites excluding steroid dienone is 3. The Morgan fingerprint density at radius 2 is 1.87 bits per heavy atom. The summed E-state index contributed by atoms with van der Waals surface area (Å²) in [5.41, 5.74) is 5.17. The van der Waals surface area contributed by atoms with Crippen molar-refractivity contribution < 1.29 is 4.79 Å². The van der Waals surface area contributed by atoms with Gasteiger partial charge in [-0.15, -0.1) is 0 Å². The lowest BCUT2D eigenvalue weighted by Gasteiger charge is -2.58. The molecule has 31 heavy (non-hydrogen) atoms. The van der Waals surface area contributed by atoms with Crippen molar-refractivity contribution in [2.45, 2.75) is 77.7 Å². The number of fused-ring (bicyclic) bond motifs is 5. The molecule has 3 nitrogen and oxygen atoms in total. The highest BCUT2D eigenvalue weighted by Gasteiger charge is 2.56. The van der Waals surface area contributed by atoms with Crippen LogP contribution in [0.4, 0.5) is 0 Å². The van der Waals surface area contributed by atoms with Crippen molar-refractivity contribution in [3.8, 4) is 0 Å². The molecule has 3 saturated carbocycles. The Labute approximate surface area is 186 Å². The molecular formula is C28H36N2O. The summed E-state index contributed by atoms with van der Waals surface area (Å²) in [7, 11) is 0. The third-order valence-corrected chi connectivity index (χ3v) is 9.95. The van der Waals surface area contributed by atoms with Gasteiger partial charge in [-0.2, -0.15) is 0 Å². The zero-order valence-electron chi connectivity index (χ0n) is 19.1. The third-order valence-electron chi connectivity index (χ3n) is 9.95. The van der Waals surface area contributed by atoms with Crippen LogP contribution in [-0.4, -0.2) is 16.9 Å². The van der Waals surface area contributed by atoms with Gasteiger partial charge in [-0.05, 0) is 104 Å². The largest absolute Gasteiger partial charge is 0.353 e. The lowest BCUT2D eigenvalue weighted by Crippen LogP contribution is -2.51. The lowest BCUT2D eigenvalue weighted by molar-refractivity contribution is -0.123. The second kappa shape index (κ2) is 7.05. The first-order valence-corrected chi connectivity index (χ1v) is 12.6. The van der Waals surface area contributed by atoms with Crippen molar-refractivity contribution in [3.05, 3.63) is 47.8 Å². The zero-order valence-corrected chi connectivity index (χ0v) is 19.1. The van der Waals surface area contributed by atoms with Crippen LogP contribution < -0.4 is 5.32 Å². The number of carbonyl (C=O) groups is 1. The molecule has 0 aliphatic heterocycles. The van der Waals surface area contributed by atoms with E-state index < -0.39 is 0 Å². The maximum Gasteiger partial charge on any atom is 0.223 e. The van der Waals surface area contributed by atoms with Crippen molar-refractivity contribution in [2.75, 3.05) is 0 Å². The Morgan fingerprint density at radius 1 is 1.03 bits per heavy atom. The summed E-state index contributed by atoms with van der Waals surface area (Å²) in [6, 6.07) is 4.69. The number of aromatic nitrogens is 1. The van der Waals surface area contributed by atoms with Crippen molar-refractivity contribution in [2.24, 2.45) is 34.5 Å². The maximum absolute atomic E-state index is 12.3. The Balaban J connectivity index is 1.23. The highest BCUT2D eigenvalue weighted by atomic mass is 16.2. The van der Waals surface area contributed by atoms with E-state index in [2.05, 4.69) is 54.6 Å². The van der Waals surface area contributed by atoms with Gasteiger partial charge in [-0.3, -0.25) is 9.78 Å². The number of nitrogens with one attached hydrogen (secondary N) is 1. The molecule has 1 heterocycles. The number of pyridine rings is 1. The summed E-state index contributed by atoms with van der Waals surface area (Å²) >= 11 is 0. The van der Waals surface area contributed by atoms with Crippen molar-refractivity contribution in [1.82, 2.24) is 10.3 Å². The second-order valence-corrected chi connectivity index (χ2v) is 11.5. The number of amides is 1. The van der Waals surface area contributed by atoms with E-state index in [1.165, 1.54) is 37.7 Å². The highest BCUT2D eigenvalue weighted by molar-refractivity contribution is 5.81. The van der Waals surface area contributed by atoms with Gasteiger partial charge in [0.1, 0.15) is 0 Å². The molecule has 3 fully saturated rings. The quantitative estimate of drug-likeness (QED) is 0.620. The van der Waals surface area contributed by atoms with E-state index in [0.717, 1.165) is 43.4 Å². The SMILES string of the molecule is CC12CC[C@@H](NC(=O)C3CC3)CC1=CC[C@@H]1[C@@H]2CC[C@]2(C)C(c3cccnc3)=CC[C@@H]12. The molecule has 1 N–H and O–H groups in total. The van der Waals surface area contributed by atoms with Crippen LogP contribution in [-0.2, 0) is 4.79 Å². The standard InChI is InChI=1S/C28H36N2O/c1-27-13-11-21(30-26(31)18-5-6-18)16-20(27)7-8-22-24-10-9-23(19-4-3-15-29-17-19)28(24,2)14-12-25(22)27/h3-4,7,9,15,17-18,21-22,24-25H,5-6,8,10-14,16H2,1-2H3,(H,30,31)/t21-,22+,24+,25+,27?,28-/m1/s1. The van der Waals surface area contributed by atoms with Gasteiger partial charge in [0, 0.05) is 24.4 Å². The zero-order chi connectivity index (χ0) is 21.2. The Hall–Kier alpha value is -1.90. The molecule has 1 amide bonds. The molecule has 1 aromatic heterocycles. The van der Waals surface area contributed by atoms with Crippen LogP contribution in [0, 0.1) is 34.5 Å². The van der Waals surface area contributed by atoms with Crippen molar-refractivity contribution in [3.63, 3.8) is 0 Å². The normalized spacial score (nSPS) is 41.4. The average molecular weight is 417 g/mol. The molecule has 0 bridgehead atoms. The smallest absolute Gasteiger partial charge is 0.223 e. The predicted octanol–water partition coefficient (Wildman–Crippen LogP) is 5.93. The first-order chi connectivity index (χ1) is 15.0. The van der Waals surface area contributed by atoms with Gasteiger partial charge in [0.05, 0.1) is 0 Å². The van der Waals surface area contributed by atoms with Crippen LogP contribution in [0.1, 0.15) is 77.2 Å². The number of rotatable bonds is 3. The first-order valence-electron chi connectivity index (χ1n) is 12.6. The second-order valence-electron chi connectivity index (χ2n) is 11.5. The fourth-order valence-electron chi connectivity index (χ4n) is 7.99. The fraction of sp³-hybridized carbons (Fsp3) is 0.643. The van der Waals surface area contributed by atoms with Crippen molar-refractivity contribution >= 4 is 11.5 Å². The third kappa shape index (κ3) is 3.06. The van der Waals surface area contributed by atoms with Gasteiger partial charge in [-0.1, -0.05) is 37.6 Å². The van der Waals surface area contributed by atoms with Crippen LogP contribution in [0.5, 0.6) is 0 Å². The van der Waals surface area contributed by atoms with E-state index in [-0.39, 0.29) is 0 Å². The molecule has 3 heteroatoms. The highest BCUT2D eigenvalue weighted by Crippen LogP contribution is 2.66. The number of carbonyl (C=O) groups excluding carboxylic acids is 1. The van der Waals surface area contributed by atoms with Crippen molar-refractivity contribution in [1.29, 1.82) is 0 Å². The lowest BCUT2D eigenvalue weighted by atomic mass is 9.47. The van der Waals surface area contributed by atoms with Crippen LogP contribution >= 0.6 is 0 Å². The monoisotopic (exact) mass is 416 g/mol. The molecule has 164 valence electrons. The predicted molar refractivity (Wildman–Crippen MR) is 124 cm³/mol. The Morgan fingerprint density at radius 3 is 2.65 bits per heavy atom. The van der Waals surface area contributed by atoms with Crippen LogP contribution in [0.2, 0.25) is 0 Å². The van der Waals surface area contributed by atoms with Crippen LogP contribution in [0.15, 0.2) is 42.3 Å². The summed E-state index contributed by atoms with van der Waals surface area (Å²) < 4.78 is 0. The fourth-order valence-corrected chi connectivity index (χ4v) is 7.99. The van der Waals surface area contributed by atoms with Gasteiger partial charge in [0.15, 0.2) is 0 Å². The van der Waals surface area contributed by atoms with E-state index in [4.69, 9.17) is 0 Å². The van der Waals surface area contributed by atoms with Gasteiger partial charge in [-0.25, -0.2) is 0 Å². The van der Waals surface area contributed by atoms with E-state index in [1.807, 2.05) is 6.20 Å². The molecule has 1 unspecified atom stereocenters. The van der Waals surface area contributed by atoms with E-state index in [1.54, 1.807) is 11.1 Å². The van der Waals surface area contributed by atoms with E-state index in [0.29, 0.717) is 28.7 Å². The average Bonchev–Trinajstić information content (AvgIpc) is 3.56. The minimum absolute atomic E-state index is 0.293. The molecule has 0 aromatic carbocycles.